The third kappa shape index (κ3) is 3.35. The van der Waals surface area contributed by atoms with Crippen LogP contribution >= 0.6 is 0 Å². The highest BCUT2D eigenvalue weighted by Crippen LogP contribution is 2.27. The highest BCUT2D eigenvalue weighted by Gasteiger charge is 2.31. The number of rotatable bonds is 3. The molecule has 1 saturated heterocycles. The minimum atomic E-state index is -3.52. The highest BCUT2D eigenvalue weighted by atomic mass is 32.2. The summed E-state index contributed by atoms with van der Waals surface area (Å²) < 4.78 is 27.6. The van der Waals surface area contributed by atoms with E-state index in [-0.39, 0.29) is 5.91 Å². The molecular formula is C22H26N2O3S. The lowest BCUT2D eigenvalue weighted by Gasteiger charge is -2.34. The Kier molecular flexibility index (Phi) is 5.02. The second-order valence-electron chi connectivity index (χ2n) is 7.73. The van der Waals surface area contributed by atoms with Crippen molar-refractivity contribution in [1.29, 1.82) is 0 Å². The first-order valence-corrected chi connectivity index (χ1v) is 11.3. The lowest BCUT2D eigenvalue weighted by Crippen LogP contribution is -2.50. The van der Waals surface area contributed by atoms with Gasteiger partial charge in [-0.25, -0.2) is 8.42 Å². The first-order valence-electron chi connectivity index (χ1n) is 9.85. The van der Waals surface area contributed by atoms with E-state index < -0.39 is 10.0 Å². The van der Waals surface area contributed by atoms with Crippen LogP contribution in [0.1, 0.15) is 39.0 Å². The van der Waals surface area contributed by atoms with E-state index >= 15 is 0 Å². The van der Waals surface area contributed by atoms with Gasteiger partial charge in [-0.05, 0) is 73.6 Å². The van der Waals surface area contributed by atoms with Crippen molar-refractivity contribution in [2.24, 2.45) is 0 Å². The number of aryl methyl sites for hydroxylation is 3. The minimum absolute atomic E-state index is 0.0178. The number of nitrogens with zero attached hydrogens (tertiary/aromatic N) is 2. The van der Waals surface area contributed by atoms with E-state index in [9.17, 15) is 13.2 Å². The molecule has 2 aromatic rings. The second kappa shape index (κ2) is 7.33. The molecule has 28 heavy (non-hydrogen) atoms. The standard InChI is InChI=1S/C22H26N2O3S/c1-16-5-3-8-21(17(16)2)22(25)23-11-13-24(14-12-23)28(26,27)20-10-9-18-6-4-7-19(18)15-20/h3,5,8-10,15H,4,6-7,11-14H2,1-2H3. The number of piperazine rings is 1. The molecule has 148 valence electrons. The lowest BCUT2D eigenvalue weighted by atomic mass is 10.0. The molecule has 2 aromatic carbocycles. The number of carbonyl (C=O) groups excluding carboxylic acids is 1. The summed E-state index contributed by atoms with van der Waals surface area (Å²) in [5, 5.41) is 0. The zero-order chi connectivity index (χ0) is 19.9. The lowest BCUT2D eigenvalue weighted by molar-refractivity contribution is 0.0697. The van der Waals surface area contributed by atoms with Crippen molar-refractivity contribution in [2.45, 2.75) is 38.0 Å². The fourth-order valence-electron chi connectivity index (χ4n) is 4.14. The van der Waals surface area contributed by atoms with Crippen molar-refractivity contribution in [2.75, 3.05) is 26.2 Å². The van der Waals surface area contributed by atoms with Crippen LogP contribution in [0.4, 0.5) is 0 Å². The Labute approximate surface area is 167 Å². The van der Waals surface area contributed by atoms with Gasteiger partial charge < -0.3 is 4.90 Å². The van der Waals surface area contributed by atoms with Crippen LogP contribution in [0.25, 0.3) is 0 Å². The Morgan fingerprint density at radius 1 is 0.929 bits per heavy atom. The molecular weight excluding hydrogens is 372 g/mol. The molecule has 1 aliphatic carbocycles. The first kappa shape index (κ1) is 19.2. The van der Waals surface area contributed by atoms with Crippen molar-refractivity contribution in [3.8, 4) is 0 Å². The van der Waals surface area contributed by atoms with E-state index in [0.717, 1.165) is 36.0 Å². The molecule has 0 radical (unpaired) electrons. The van der Waals surface area contributed by atoms with Gasteiger partial charge in [0.25, 0.3) is 5.91 Å². The zero-order valence-corrected chi connectivity index (χ0v) is 17.3. The maximum Gasteiger partial charge on any atom is 0.254 e. The van der Waals surface area contributed by atoms with Gasteiger partial charge in [-0.15, -0.1) is 0 Å². The summed E-state index contributed by atoms with van der Waals surface area (Å²) in [5.41, 5.74) is 5.20. The number of amides is 1. The van der Waals surface area contributed by atoms with Crippen molar-refractivity contribution < 1.29 is 13.2 Å². The van der Waals surface area contributed by atoms with Crippen molar-refractivity contribution in [3.05, 3.63) is 64.2 Å². The largest absolute Gasteiger partial charge is 0.336 e. The van der Waals surface area contributed by atoms with Gasteiger partial charge in [0.15, 0.2) is 0 Å². The molecule has 6 heteroatoms. The first-order chi connectivity index (χ1) is 13.4. The summed E-state index contributed by atoms with van der Waals surface area (Å²) >= 11 is 0. The molecule has 0 spiro atoms. The summed E-state index contributed by atoms with van der Waals surface area (Å²) in [6.07, 6.45) is 3.09. The second-order valence-corrected chi connectivity index (χ2v) is 9.67. The molecule has 2 aliphatic rings. The van der Waals surface area contributed by atoms with E-state index in [0.29, 0.717) is 36.6 Å². The predicted octanol–water partition coefficient (Wildman–Crippen LogP) is 2.94. The topological polar surface area (TPSA) is 57.7 Å². The molecule has 4 rings (SSSR count). The van der Waals surface area contributed by atoms with Gasteiger partial charge in [0.05, 0.1) is 4.90 Å². The van der Waals surface area contributed by atoms with Gasteiger partial charge in [0.1, 0.15) is 0 Å². The fraction of sp³-hybridized carbons (Fsp3) is 0.409. The summed E-state index contributed by atoms with van der Waals surface area (Å²) in [6.45, 7) is 5.43. The van der Waals surface area contributed by atoms with Gasteiger partial charge in [0, 0.05) is 31.7 Å². The maximum atomic E-state index is 13.1. The molecule has 1 amide bonds. The Balaban J connectivity index is 1.48. The van der Waals surface area contributed by atoms with Crippen molar-refractivity contribution >= 4 is 15.9 Å². The van der Waals surface area contributed by atoms with Gasteiger partial charge >= 0.3 is 0 Å². The molecule has 0 atom stereocenters. The average molecular weight is 399 g/mol. The van der Waals surface area contributed by atoms with Crippen LogP contribution in [0.5, 0.6) is 0 Å². The van der Waals surface area contributed by atoms with E-state index in [2.05, 4.69) is 0 Å². The van der Waals surface area contributed by atoms with Crippen LogP contribution in [-0.2, 0) is 22.9 Å². The van der Waals surface area contributed by atoms with Crippen LogP contribution in [0.2, 0.25) is 0 Å². The quantitative estimate of drug-likeness (QED) is 0.799. The third-order valence-electron chi connectivity index (χ3n) is 6.07. The molecule has 1 aliphatic heterocycles. The van der Waals surface area contributed by atoms with Crippen LogP contribution in [0.3, 0.4) is 0 Å². The number of hydrogen-bond acceptors (Lipinski definition) is 3. The molecule has 0 bridgehead atoms. The fourth-order valence-corrected chi connectivity index (χ4v) is 5.62. The van der Waals surface area contributed by atoms with Crippen LogP contribution in [0, 0.1) is 13.8 Å². The van der Waals surface area contributed by atoms with Crippen molar-refractivity contribution in [3.63, 3.8) is 0 Å². The monoisotopic (exact) mass is 398 g/mol. The number of sulfonamides is 1. The molecule has 5 nitrogen and oxygen atoms in total. The summed E-state index contributed by atoms with van der Waals surface area (Å²) in [5.74, 6) is -0.0178. The SMILES string of the molecule is Cc1cccc(C(=O)N2CCN(S(=O)(=O)c3ccc4c(c3)CCC4)CC2)c1C. The highest BCUT2D eigenvalue weighted by molar-refractivity contribution is 7.89. The zero-order valence-electron chi connectivity index (χ0n) is 16.4. The molecule has 0 aromatic heterocycles. The Hall–Kier alpha value is -2.18. The van der Waals surface area contributed by atoms with E-state index in [1.807, 2.05) is 44.2 Å². The molecule has 0 N–H and O–H groups in total. The normalized spacial score (nSPS) is 17.6. The van der Waals surface area contributed by atoms with Crippen LogP contribution < -0.4 is 0 Å². The third-order valence-corrected chi connectivity index (χ3v) is 7.96. The number of fused-ring (bicyclic) bond motifs is 1. The Bertz CT molecular complexity index is 1020. The number of carbonyl (C=O) groups is 1. The van der Waals surface area contributed by atoms with Gasteiger partial charge in [-0.3, -0.25) is 4.79 Å². The number of benzene rings is 2. The van der Waals surface area contributed by atoms with Crippen molar-refractivity contribution in [1.82, 2.24) is 9.21 Å². The summed E-state index contributed by atoms with van der Waals surface area (Å²) in [7, 11) is -3.52. The van der Waals surface area contributed by atoms with Gasteiger partial charge in [-0.2, -0.15) is 4.31 Å². The van der Waals surface area contributed by atoms with Gasteiger partial charge in [-0.1, -0.05) is 18.2 Å². The van der Waals surface area contributed by atoms with E-state index in [4.69, 9.17) is 0 Å². The van der Waals surface area contributed by atoms with Crippen LogP contribution in [0.15, 0.2) is 41.3 Å². The average Bonchev–Trinajstić information content (AvgIpc) is 3.17. The molecule has 1 heterocycles. The Morgan fingerprint density at radius 2 is 1.64 bits per heavy atom. The van der Waals surface area contributed by atoms with Gasteiger partial charge in [0.2, 0.25) is 10.0 Å². The molecule has 0 unspecified atom stereocenters. The maximum absolute atomic E-state index is 13.1. The number of hydrogen-bond donors (Lipinski definition) is 0. The molecule has 1 fully saturated rings. The van der Waals surface area contributed by atoms with E-state index in [1.165, 1.54) is 9.87 Å². The summed E-state index contributed by atoms with van der Waals surface area (Å²) in [4.78, 5) is 15.0. The molecule has 0 saturated carbocycles. The minimum Gasteiger partial charge on any atom is -0.336 e. The van der Waals surface area contributed by atoms with Crippen LogP contribution in [-0.4, -0.2) is 49.7 Å². The smallest absolute Gasteiger partial charge is 0.254 e. The Morgan fingerprint density at radius 3 is 2.39 bits per heavy atom. The summed E-state index contributed by atoms with van der Waals surface area (Å²) in [6, 6.07) is 11.3. The predicted molar refractivity (Wildman–Crippen MR) is 109 cm³/mol. The van der Waals surface area contributed by atoms with E-state index in [1.54, 1.807) is 11.0 Å².